The number of rotatable bonds is 7. The van der Waals surface area contributed by atoms with E-state index in [-0.39, 0.29) is 0 Å². The molecule has 3 rings (SSSR count). The molecule has 0 saturated heterocycles. The second kappa shape index (κ2) is 15.6. The predicted molar refractivity (Wildman–Crippen MR) is 133 cm³/mol. The Morgan fingerprint density at radius 3 is 2.07 bits per heavy atom. The summed E-state index contributed by atoms with van der Waals surface area (Å²) in [6.07, 6.45) is 11.9. The van der Waals surface area contributed by atoms with E-state index >= 15 is 0 Å². The van der Waals surface area contributed by atoms with Crippen LogP contribution >= 0.6 is 0 Å². The average Bonchev–Trinajstić information content (AvgIpc) is 2.83. The molecular formula is C28H41N. The molecule has 1 aliphatic rings. The van der Waals surface area contributed by atoms with Gasteiger partial charge in [0.1, 0.15) is 0 Å². The van der Waals surface area contributed by atoms with E-state index in [1.165, 1.54) is 36.1 Å². The summed E-state index contributed by atoms with van der Waals surface area (Å²) in [5.41, 5.74) is 4.11. The van der Waals surface area contributed by atoms with E-state index in [1.807, 2.05) is 27.7 Å². The van der Waals surface area contributed by atoms with Gasteiger partial charge in [0.15, 0.2) is 0 Å². The molecule has 1 unspecified atom stereocenters. The molecule has 0 heterocycles. The van der Waals surface area contributed by atoms with Gasteiger partial charge in [0.2, 0.25) is 0 Å². The largest absolute Gasteiger partial charge is 0.368 e. The zero-order chi connectivity index (χ0) is 21.3. The Hall–Kier alpha value is -2.28. The fraction of sp³-hybridized carbons (Fsp3) is 0.429. The minimum absolute atomic E-state index is 0.764. The van der Waals surface area contributed by atoms with Gasteiger partial charge in [-0.25, -0.2) is 0 Å². The molecule has 1 aliphatic carbocycles. The van der Waals surface area contributed by atoms with Gasteiger partial charge in [-0.3, -0.25) is 0 Å². The van der Waals surface area contributed by atoms with E-state index in [0.29, 0.717) is 0 Å². The first kappa shape index (κ1) is 24.8. The predicted octanol–water partition coefficient (Wildman–Crippen LogP) is 8.40. The molecule has 158 valence electrons. The molecule has 29 heavy (non-hydrogen) atoms. The maximum absolute atomic E-state index is 2.54. The Labute approximate surface area is 180 Å². The third kappa shape index (κ3) is 8.73. The van der Waals surface area contributed by atoms with Crippen LogP contribution < -0.4 is 4.90 Å². The third-order valence-corrected chi connectivity index (χ3v) is 5.06. The summed E-state index contributed by atoms with van der Waals surface area (Å²) >= 11 is 0. The Kier molecular flexibility index (Phi) is 13.3. The van der Waals surface area contributed by atoms with E-state index < -0.39 is 0 Å². The molecule has 1 atom stereocenters. The van der Waals surface area contributed by atoms with Crippen LogP contribution in [0.15, 0.2) is 78.9 Å². The Morgan fingerprint density at radius 1 is 0.897 bits per heavy atom. The van der Waals surface area contributed by atoms with E-state index in [0.717, 1.165) is 25.4 Å². The van der Waals surface area contributed by atoms with Gasteiger partial charge in [-0.2, -0.15) is 0 Å². The molecule has 2 aromatic carbocycles. The summed E-state index contributed by atoms with van der Waals surface area (Å²) in [5.74, 6) is 0.764. The van der Waals surface area contributed by atoms with E-state index in [9.17, 15) is 0 Å². The minimum atomic E-state index is 0.764. The topological polar surface area (TPSA) is 3.24 Å². The van der Waals surface area contributed by atoms with Crippen molar-refractivity contribution in [2.24, 2.45) is 5.92 Å². The van der Waals surface area contributed by atoms with Crippen molar-refractivity contribution in [3.63, 3.8) is 0 Å². The quantitative estimate of drug-likeness (QED) is 0.428. The summed E-state index contributed by atoms with van der Waals surface area (Å²) in [5, 5.41) is 0. The number of hydrogen-bond acceptors (Lipinski definition) is 1. The van der Waals surface area contributed by atoms with Crippen molar-refractivity contribution in [3.8, 4) is 0 Å². The molecular weight excluding hydrogens is 350 g/mol. The zero-order valence-corrected chi connectivity index (χ0v) is 19.3. The zero-order valence-electron chi connectivity index (χ0n) is 19.3. The number of para-hydroxylation sites is 1. The van der Waals surface area contributed by atoms with Crippen LogP contribution in [-0.4, -0.2) is 13.1 Å². The summed E-state index contributed by atoms with van der Waals surface area (Å²) in [7, 11) is 0. The number of hydrogen-bond donors (Lipinski definition) is 0. The first-order valence-corrected chi connectivity index (χ1v) is 11.6. The number of nitrogens with zero attached hydrogens (tertiary/aromatic N) is 1. The van der Waals surface area contributed by atoms with Crippen LogP contribution in [-0.2, 0) is 0 Å². The van der Waals surface area contributed by atoms with Crippen molar-refractivity contribution >= 4 is 11.3 Å². The van der Waals surface area contributed by atoms with Crippen LogP contribution in [0, 0.1) is 5.92 Å². The third-order valence-electron chi connectivity index (χ3n) is 5.06. The van der Waals surface area contributed by atoms with Crippen molar-refractivity contribution in [2.75, 3.05) is 18.0 Å². The maximum Gasteiger partial charge on any atom is 0.0369 e. The average molecular weight is 392 g/mol. The van der Waals surface area contributed by atoms with Crippen LogP contribution in [0.1, 0.15) is 65.9 Å². The van der Waals surface area contributed by atoms with Gasteiger partial charge >= 0.3 is 0 Å². The maximum atomic E-state index is 2.54. The molecule has 0 aliphatic heterocycles. The number of benzene rings is 2. The van der Waals surface area contributed by atoms with E-state index in [2.05, 4.69) is 90.7 Å². The molecule has 1 heteroatoms. The second-order valence-corrected chi connectivity index (χ2v) is 6.84. The highest BCUT2D eigenvalue weighted by atomic mass is 15.1. The highest BCUT2D eigenvalue weighted by Crippen LogP contribution is 2.24. The molecule has 0 spiro atoms. The van der Waals surface area contributed by atoms with E-state index in [1.54, 1.807) is 0 Å². The lowest BCUT2D eigenvalue weighted by molar-refractivity contribution is 0.477. The number of allylic oxidation sites excluding steroid dienone is 3. The van der Waals surface area contributed by atoms with Gasteiger partial charge in [-0.1, -0.05) is 101 Å². The highest BCUT2D eigenvalue weighted by molar-refractivity contribution is 5.66. The van der Waals surface area contributed by atoms with Gasteiger partial charge in [0.05, 0.1) is 0 Å². The molecule has 0 fully saturated rings. The normalized spacial score (nSPS) is 15.5. The Bertz CT molecular complexity index is 685. The van der Waals surface area contributed by atoms with Crippen LogP contribution in [0.5, 0.6) is 0 Å². The lowest BCUT2D eigenvalue weighted by Crippen LogP contribution is -2.30. The van der Waals surface area contributed by atoms with Crippen molar-refractivity contribution < 1.29 is 0 Å². The standard InChI is InChI=1S/C24H29N.2C2H6/c1-2-22(23-14-8-4-9-15-23)18-19-25(24-16-10-5-11-17-24)20-21-12-6-3-7-13-21;2*1-2/h3-6,8-11,14-18,21H,2,7,12-13,19-20H2,1H3;2*1-2H3/b22-18+;;. The van der Waals surface area contributed by atoms with Crippen LogP contribution in [0.25, 0.3) is 5.57 Å². The molecule has 0 aromatic heterocycles. The van der Waals surface area contributed by atoms with Crippen molar-refractivity contribution in [2.45, 2.75) is 60.3 Å². The number of anilines is 1. The highest BCUT2D eigenvalue weighted by Gasteiger charge is 2.15. The fourth-order valence-corrected chi connectivity index (χ4v) is 3.60. The van der Waals surface area contributed by atoms with Gasteiger partial charge in [0, 0.05) is 18.8 Å². The monoisotopic (exact) mass is 391 g/mol. The van der Waals surface area contributed by atoms with Crippen LogP contribution in [0.2, 0.25) is 0 Å². The Morgan fingerprint density at radius 2 is 1.52 bits per heavy atom. The first-order chi connectivity index (χ1) is 14.4. The van der Waals surface area contributed by atoms with Crippen molar-refractivity contribution in [1.82, 2.24) is 0 Å². The van der Waals surface area contributed by atoms with Crippen LogP contribution in [0.4, 0.5) is 5.69 Å². The second-order valence-electron chi connectivity index (χ2n) is 6.84. The summed E-state index contributed by atoms with van der Waals surface area (Å²) in [6.45, 7) is 12.4. The molecule has 0 saturated carbocycles. The van der Waals surface area contributed by atoms with Crippen molar-refractivity contribution in [1.29, 1.82) is 0 Å². The molecule has 2 aromatic rings. The van der Waals surface area contributed by atoms with Gasteiger partial charge < -0.3 is 4.90 Å². The first-order valence-electron chi connectivity index (χ1n) is 11.6. The van der Waals surface area contributed by atoms with Crippen molar-refractivity contribution in [3.05, 3.63) is 84.5 Å². The van der Waals surface area contributed by atoms with Gasteiger partial charge in [0.25, 0.3) is 0 Å². The van der Waals surface area contributed by atoms with E-state index in [4.69, 9.17) is 0 Å². The molecule has 0 N–H and O–H groups in total. The van der Waals surface area contributed by atoms with Gasteiger partial charge in [-0.05, 0) is 54.9 Å². The summed E-state index contributed by atoms with van der Waals surface area (Å²) < 4.78 is 0. The molecule has 0 amide bonds. The van der Waals surface area contributed by atoms with Crippen LogP contribution in [0.3, 0.4) is 0 Å². The smallest absolute Gasteiger partial charge is 0.0369 e. The lowest BCUT2D eigenvalue weighted by Gasteiger charge is -2.29. The lowest BCUT2D eigenvalue weighted by atomic mass is 9.93. The fourth-order valence-electron chi connectivity index (χ4n) is 3.60. The Balaban J connectivity index is 0.000000989. The molecule has 0 bridgehead atoms. The molecule has 0 radical (unpaired) electrons. The summed E-state index contributed by atoms with van der Waals surface area (Å²) in [4.78, 5) is 2.54. The molecule has 1 nitrogen and oxygen atoms in total. The minimum Gasteiger partial charge on any atom is -0.368 e. The van der Waals surface area contributed by atoms with Gasteiger partial charge in [-0.15, -0.1) is 0 Å². The summed E-state index contributed by atoms with van der Waals surface area (Å²) in [6, 6.07) is 21.6. The SMILES string of the molecule is CC.CC.CC/C(=C\CN(CC1CC=CCC1)c1ccccc1)c1ccccc1.